The molecule has 0 saturated heterocycles. The Labute approximate surface area is 204 Å². The van der Waals surface area contributed by atoms with Crippen LogP contribution in [0, 0.1) is 16.6 Å². The molecular formula is C26H31FN6O2. The van der Waals surface area contributed by atoms with Crippen molar-refractivity contribution in [2.24, 2.45) is 11.5 Å². The van der Waals surface area contributed by atoms with Crippen LogP contribution < -0.4 is 30.7 Å². The quantitative estimate of drug-likeness (QED) is 0.260. The summed E-state index contributed by atoms with van der Waals surface area (Å²) in [7, 11) is 6.80. The summed E-state index contributed by atoms with van der Waals surface area (Å²) in [5.74, 6) is 0.723. The van der Waals surface area contributed by atoms with Gasteiger partial charge < -0.3 is 30.7 Å². The van der Waals surface area contributed by atoms with Crippen molar-refractivity contribution in [3.63, 3.8) is 0 Å². The van der Waals surface area contributed by atoms with Gasteiger partial charge in [-0.15, -0.1) is 0 Å². The molecule has 0 fully saturated rings. The molecule has 3 aromatic rings. The maximum atomic E-state index is 15.5. The summed E-state index contributed by atoms with van der Waals surface area (Å²) in [4.78, 5) is 3.77. The van der Waals surface area contributed by atoms with Crippen LogP contribution >= 0.6 is 0 Å². The number of hydrogen-bond donors (Lipinski definition) is 4. The lowest BCUT2D eigenvalue weighted by Crippen LogP contribution is -2.21. The zero-order chi connectivity index (χ0) is 25.7. The number of amidine groups is 2. The van der Waals surface area contributed by atoms with Gasteiger partial charge in [0.2, 0.25) is 0 Å². The van der Waals surface area contributed by atoms with E-state index in [0.717, 1.165) is 11.4 Å². The summed E-state index contributed by atoms with van der Waals surface area (Å²) in [5.41, 5.74) is 14.9. The number of nitrogens with zero attached hydrogens (tertiary/aromatic N) is 2. The molecule has 6 N–H and O–H groups in total. The third-order valence-electron chi connectivity index (χ3n) is 5.78. The molecule has 9 heteroatoms. The Hall–Kier alpha value is -4.27. The number of nitrogens with one attached hydrogen (secondary N) is 2. The molecule has 35 heavy (non-hydrogen) atoms. The fourth-order valence-electron chi connectivity index (χ4n) is 3.88. The van der Waals surface area contributed by atoms with Crippen molar-refractivity contribution in [2.45, 2.75) is 13.1 Å². The number of ether oxygens (including phenoxy) is 2. The molecule has 0 aliphatic carbocycles. The first-order valence-electron chi connectivity index (χ1n) is 10.9. The van der Waals surface area contributed by atoms with Gasteiger partial charge in [-0.1, -0.05) is 18.2 Å². The number of rotatable bonds is 10. The van der Waals surface area contributed by atoms with E-state index in [1.54, 1.807) is 50.6 Å². The van der Waals surface area contributed by atoms with E-state index >= 15 is 4.39 Å². The van der Waals surface area contributed by atoms with Crippen molar-refractivity contribution < 1.29 is 13.9 Å². The van der Waals surface area contributed by atoms with Crippen LogP contribution in [-0.2, 0) is 13.1 Å². The molecule has 0 atom stereocenters. The highest BCUT2D eigenvalue weighted by Gasteiger charge is 2.17. The van der Waals surface area contributed by atoms with Gasteiger partial charge in [-0.2, -0.15) is 0 Å². The molecule has 0 amide bonds. The van der Waals surface area contributed by atoms with Crippen molar-refractivity contribution in [3.05, 3.63) is 82.7 Å². The summed E-state index contributed by atoms with van der Waals surface area (Å²) in [6.45, 7) is 0.631. The van der Waals surface area contributed by atoms with E-state index < -0.39 is 0 Å². The van der Waals surface area contributed by atoms with Crippen LogP contribution in [0.1, 0.15) is 22.3 Å². The topological polar surface area (TPSA) is 125 Å². The highest BCUT2D eigenvalue weighted by molar-refractivity contribution is 5.96. The Morgan fingerprint density at radius 1 is 0.771 bits per heavy atom. The van der Waals surface area contributed by atoms with Crippen molar-refractivity contribution in [3.8, 4) is 11.5 Å². The predicted octanol–water partition coefficient (Wildman–Crippen LogP) is 3.68. The number of nitrogens with two attached hydrogens (primary N) is 2. The Kier molecular flexibility index (Phi) is 7.80. The average molecular weight is 479 g/mol. The second-order valence-corrected chi connectivity index (χ2v) is 8.20. The summed E-state index contributed by atoms with van der Waals surface area (Å²) in [5, 5.41) is 15.2. The van der Waals surface area contributed by atoms with Crippen LogP contribution in [0.3, 0.4) is 0 Å². The minimum Gasteiger partial charge on any atom is -0.495 e. The molecule has 0 spiro atoms. The second kappa shape index (κ2) is 10.8. The predicted molar refractivity (Wildman–Crippen MR) is 139 cm³/mol. The first-order chi connectivity index (χ1) is 16.7. The molecule has 8 nitrogen and oxygen atoms in total. The van der Waals surface area contributed by atoms with Gasteiger partial charge in [-0.3, -0.25) is 10.8 Å². The molecule has 0 saturated carbocycles. The lowest BCUT2D eigenvalue weighted by Gasteiger charge is -2.25. The van der Waals surface area contributed by atoms with E-state index in [9.17, 15) is 0 Å². The fourth-order valence-corrected chi connectivity index (χ4v) is 3.88. The number of methoxy groups -OCH3 is 2. The first kappa shape index (κ1) is 25.4. The number of anilines is 2. The highest BCUT2D eigenvalue weighted by Crippen LogP contribution is 2.32. The van der Waals surface area contributed by atoms with Crippen molar-refractivity contribution in [2.75, 3.05) is 38.1 Å². The van der Waals surface area contributed by atoms with Crippen LogP contribution in [0.5, 0.6) is 11.5 Å². The van der Waals surface area contributed by atoms with Crippen LogP contribution in [0.25, 0.3) is 0 Å². The minimum atomic E-state index is -0.287. The Bertz CT molecular complexity index is 1150. The van der Waals surface area contributed by atoms with Gasteiger partial charge in [0.25, 0.3) is 0 Å². The van der Waals surface area contributed by atoms with Crippen molar-refractivity contribution >= 4 is 23.0 Å². The highest BCUT2D eigenvalue weighted by atomic mass is 19.1. The van der Waals surface area contributed by atoms with Gasteiger partial charge >= 0.3 is 0 Å². The molecule has 0 aliphatic rings. The number of halogens is 1. The van der Waals surface area contributed by atoms with Gasteiger partial charge in [0, 0.05) is 49.4 Å². The summed E-state index contributed by atoms with van der Waals surface area (Å²) in [6.07, 6.45) is 0. The molecule has 0 unspecified atom stereocenters. The normalized spacial score (nSPS) is 10.5. The molecular weight excluding hydrogens is 447 g/mol. The largest absolute Gasteiger partial charge is 0.495 e. The Morgan fingerprint density at radius 3 is 1.51 bits per heavy atom. The van der Waals surface area contributed by atoms with Gasteiger partial charge in [0.15, 0.2) is 0 Å². The Balaban J connectivity index is 1.83. The number of hydrogen-bond acceptors (Lipinski definition) is 6. The molecule has 0 aromatic heterocycles. The minimum absolute atomic E-state index is 0.0482. The zero-order valence-electron chi connectivity index (χ0n) is 20.4. The maximum absolute atomic E-state index is 15.5. The second-order valence-electron chi connectivity index (χ2n) is 8.20. The van der Waals surface area contributed by atoms with Crippen LogP contribution in [0.2, 0.25) is 0 Å². The summed E-state index contributed by atoms with van der Waals surface area (Å²) < 4.78 is 26.5. The molecule has 0 radical (unpaired) electrons. The lowest BCUT2D eigenvalue weighted by atomic mass is 10.1. The third-order valence-corrected chi connectivity index (χ3v) is 5.78. The monoisotopic (exact) mass is 478 g/mol. The van der Waals surface area contributed by atoms with Crippen LogP contribution in [0.4, 0.5) is 15.8 Å². The van der Waals surface area contributed by atoms with E-state index in [2.05, 4.69) is 0 Å². The summed E-state index contributed by atoms with van der Waals surface area (Å²) in [6, 6.07) is 15.8. The number of nitrogen functional groups attached to an aromatic ring is 2. The molecule has 3 aromatic carbocycles. The van der Waals surface area contributed by atoms with E-state index in [1.165, 1.54) is 0 Å². The number of benzene rings is 3. The molecule has 0 bridgehead atoms. The van der Waals surface area contributed by atoms with Gasteiger partial charge in [0.05, 0.1) is 25.6 Å². The zero-order valence-corrected chi connectivity index (χ0v) is 20.4. The fraction of sp³-hybridized carbons (Fsp3) is 0.231. The maximum Gasteiger partial charge on any atom is 0.142 e. The average Bonchev–Trinajstić information content (AvgIpc) is 2.85. The molecule has 0 aliphatic heterocycles. The standard InChI is InChI=1S/C26H31FN6O2/c1-32(20-10-8-16(25(28)29)12-22(20)34-3)14-18-6-5-7-19(24(18)27)15-33(2)21-11-9-17(26(30)31)13-23(21)35-4/h5-13H,14-15H2,1-4H3,(H3,28,29)(H3,30,31). The molecule has 0 heterocycles. The Morgan fingerprint density at radius 2 is 1.17 bits per heavy atom. The van der Waals surface area contributed by atoms with Crippen LogP contribution in [0.15, 0.2) is 54.6 Å². The van der Waals surface area contributed by atoms with E-state index in [4.69, 9.17) is 31.8 Å². The molecule has 3 rings (SSSR count). The van der Waals surface area contributed by atoms with Crippen LogP contribution in [-0.4, -0.2) is 40.0 Å². The molecule has 184 valence electrons. The van der Waals surface area contributed by atoms with Gasteiger partial charge in [0.1, 0.15) is 29.0 Å². The third kappa shape index (κ3) is 5.63. The smallest absolute Gasteiger partial charge is 0.142 e. The van der Waals surface area contributed by atoms with Gasteiger partial charge in [-0.25, -0.2) is 4.39 Å². The van der Waals surface area contributed by atoms with Crippen molar-refractivity contribution in [1.29, 1.82) is 10.8 Å². The summed E-state index contributed by atoms with van der Waals surface area (Å²) >= 11 is 0. The van der Waals surface area contributed by atoms with E-state index in [1.807, 2.05) is 42.1 Å². The lowest BCUT2D eigenvalue weighted by molar-refractivity contribution is 0.414. The van der Waals surface area contributed by atoms with Gasteiger partial charge in [-0.05, 0) is 36.4 Å². The van der Waals surface area contributed by atoms with Crippen molar-refractivity contribution in [1.82, 2.24) is 0 Å². The SMILES string of the molecule is COc1cc(C(=N)N)ccc1N(C)Cc1cccc(CN(C)c2ccc(C(=N)N)cc2OC)c1F. The van der Waals surface area contributed by atoms with E-state index in [-0.39, 0.29) is 17.5 Å². The van der Waals surface area contributed by atoms with E-state index in [0.29, 0.717) is 46.8 Å². The first-order valence-corrected chi connectivity index (χ1v) is 10.9.